The Kier molecular flexibility index (Phi) is 9.28. The van der Waals surface area contributed by atoms with Gasteiger partial charge in [0.25, 0.3) is 0 Å². The van der Waals surface area contributed by atoms with Crippen LogP contribution in [-0.2, 0) is 16.0 Å². The highest BCUT2D eigenvalue weighted by Gasteiger charge is 2.23. The highest BCUT2D eigenvalue weighted by atomic mass is 16.5. The van der Waals surface area contributed by atoms with Crippen LogP contribution in [0.5, 0.6) is 5.75 Å². The standard InChI is InChI=1S/C25H33N3O3/c1-17(2)24(26)25(30)28-22(18(3)16-19-8-6-5-7-9-19)14-15-23(29)27-20-10-12-21(31-4)13-11-20/h5-15,17-18,22,24H,16,26H2,1-4H3,(H,27,29)(H,28,30)/b15-14+/t18?,22-,24?/m1/s1. The van der Waals surface area contributed by atoms with Crippen molar-refractivity contribution in [2.75, 3.05) is 12.4 Å². The Bertz CT molecular complexity index is 863. The number of nitrogens with one attached hydrogen (secondary N) is 2. The van der Waals surface area contributed by atoms with Gasteiger partial charge in [0.1, 0.15) is 5.75 Å². The van der Waals surface area contributed by atoms with E-state index in [4.69, 9.17) is 10.5 Å². The molecule has 2 aromatic carbocycles. The van der Waals surface area contributed by atoms with Crippen molar-refractivity contribution in [3.05, 3.63) is 72.3 Å². The molecule has 6 nitrogen and oxygen atoms in total. The quantitative estimate of drug-likeness (QED) is 0.510. The molecule has 2 rings (SSSR count). The second kappa shape index (κ2) is 11.9. The van der Waals surface area contributed by atoms with Crippen LogP contribution >= 0.6 is 0 Å². The lowest BCUT2D eigenvalue weighted by atomic mass is 9.92. The van der Waals surface area contributed by atoms with Crippen LogP contribution in [0.1, 0.15) is 26.3 Å². The molecule has 0 spiro atoms. The Morgan fingerprint density at radius 3 is 2.26 bits per heavy atom. The number of hydrogen-bond donors (Lipinski definition) is 3. The number of benzene rings is 2. The molecule has 0 bridgehead atoms. The summed E-state index contributed by atoms with van der Waals surface area (Å²) >= 11 is 0. The molecule has 0 aliphatic carbocycles. The molecule has 31 heavy (non-hydrogen) atoms. The summed E-state index contributed by atoms with van der Waals surface area (Å²) in [5.74, 6) is 0.306. The minimum atomic E-state index is -0.604. The van der Waals surface area contributed by atoms with Crippen molar-refractivity contribution in [3.8, 4) is 5.75 Å². The minimum absolute atomic E-state index is 0.0208. The van der Waals surface area contributed by atoms with Crippen LogP contribution < -0.4 is 21.1 Å². The lowest BCUT2D eigenvalue weighted by Gasteiger charge is -2.25. The highest BCUT2D eigenvalue weighted by molar-refractivity contribution is 5.99. The number of amides is 2. The van der Waals surface area contributed by atoms with Crippen LogP contribution in [0.3, 0.4) is 0 Å². The van der Waals surface area contributed by atoms with Crippen LogP contribution in [0.25, 0.3) is 0 Å². The van der Waals surface area contributed by atoms with Crippen molar-refractivity contribution in [2.24, 2.45) is 17.6 Å². The molecule has 2 amide bonds. The van der Waals surface area contributed by atoms with Crippen LogP contribution in [0.2, 0.25) is 0 Å². The molecular formula is C25H33N3O3. The number of ether oxygens (including phenoxy) is 1. The van der Waals surface area contributed by atoms with Gasteiger partial charge < -0.3 is 21.1 Å². The fourth-order valence-corrected chi connectivity index (χ4v) is 3.11. The van der Waals surface area contributed by atoms with Gasteiger partial charge in [0.15, 0.2) is 0 Å². The van der Waals surface area contributed by atoms with Gasteiger partial charge in [-0.25, -0.2) is 0 Å². The third-order valence-corrected chi connectivity index (χ3v) is 5.16. The lowest BCUT2D eigenvalue weighted by Crippen LogP contribution is -2.49. The summed E-state index contributed by atoms with van der Waals surface area (Å²) in [6.45, 7) is 5.86. The first-order valence-electron chi connectivity index (χ1n) is 10.5. The topological polar surface area (TPSA) is 93.5 Å². The van der Waals surface area contributed by atoms with Gasteiger partial charge in [-0.05, 0) is 48.1 Å². The summed E-state index contributed by atoms with van der Waals surface area (Å²) in [7, 11) is 1.59. The number of carbonyl (C=O) groups excluding carboxylic acids is 2. The molecule has 0 aliphatic heterocycles. The fraction of sp³-hybridized carbons (Fsp3) is 0.360. The van der Waals surface area contributed by atoms with Crippen LogP contribution in [0, 0.1) is 11.8 Å². The van der Waals surface area contributed by atoms with E-state index in [-0.39, 0.29) is 29.7 Å². The summed E-state index contributed by atoms with van der Waals surface area (Å²) in [6.07, 6.45) is 3.95. The van der Waals surface area contributed by atoms with Crippen molar-refractivity contribution >= 4 is 17.5 Å². The number of anilines is 1. The van der Waals surface area contributed by atoms with Crippen LogP contribution in [0.15, 0.2) is 66.7 Å². The van der Waals surface area contributed by atoms with Gasteiger partial charge in [0, 0.05) is 11.8 Å². The zero-order valence-corrected chi connectivity index (χ0v) is 18.7. The van der Waals surface area contributed by atoms with E-state index in [1.54, 1.807) is 37.5 Å². The van der Waals surface area contributed by atoms with Crippen molar-refractivity contribution in [1.29, 1.82) is 0 Å². The molecule has 0 saturated carbocycles. The van der Waals surface area contributed by atoms with Crippen LogP contribution in [0.4, 0.5) is 5.69 Å². The van der Waals surface area contributed by atoms with E-state index in [1.165, 1.54) is 11.6 Å². The summed E-state index contributed by atoms with van der Waals surface area (Å²) in [6, 6.07) is 16.2. The van der Waals surface area contributed by atoms with E-state index in [2.05, 4.69) is 22.8 Å². The first-order valence-corrected chi connectivity index (χ1v) is 10.5. The molecular weight excluding hydrogens is 390 g/mol. The third kappa shape index (κ3) is 7.90. The van der Waals surface area contributed by atoms with Crippen molar-refractivity contribution in [1.82, 2.24) is 5.32 Å². The molecule has 0 aliphatic rings. The van der Waals surface area contributed by atoms with Gasteiger partial charge >= 0.3 is 0 Å². The molecule has 0 heterocycles. The SMILES string of the molecule is COc1ccc(NC(=O)/C=C/[C@@H](NC(=O)C(N)C(C)C)C(C)Cc2ccccc2)cc1. The van der Waals surface area contributed by atoms with E-state index in [9.17, 15) is 9.59 Å². The molecule has 0 radical (unpaired) electrons. The summed E-state index contributed by atoms with van der Waals surface area (Å²) in [4.78, 5) is 25.0. The summed E-state index contributed by atoms with van der Waals surface area (Å²) in [5.41, 5.74) is 7.84. The van der Waals surface area contributed by atoms with Crippen molar-refractivity contribution < 1.29 is 14.3 Å². The average molecular weight is 424 g/mol. The first kappa shape index (κ1) is 24.2. The maximum atomic E-state index is 12.6. The zero-order chi connectivity index (χ0) is 22.8. The molecule has 0 saturated heterocycles. The fourth-order valence-electron chi connectivity index (χ4n) is 3.11. The monoisotopic (exact) mass is 423 g/mol. The third-order valence-electron chi connectivity index (χ3n) is 5.16. The molecule has 0 fully saturated rings. The average Bonchev–Trinajstić information content (AvgIpc) is 2.76. The van der Waals surface area contributed by atoms with Crippen molar-refractivity contribution in [2.45, 2.75) is 39.3 Å². The Hall–Kier alpha value is -3.12. The van der Waals surface area contributed by atoms with Gasteiger partial charge in [-0.3, -0.25) is 9.59 Å². The largest absolute Gasteiger partial charge is 0.497 e. The smallest absolute Gasteiger partial charge is 0.248 e. The Morgan fingerprint density at radius 1 is 1.03 bits per heavy atom. The molecule has 6 heteroatoms. The maximum Gasteiger partial charge on any atom is 0.248 e. The van der Waals surface area contributed by atoms with E-state index in [0.29, 0.717) is 11.4 Å². The molecule has 3 atom stereocenters. The summed E-state index contributed by atoms with van der Waals surface area (Å²) < 4.78 is 5.12. The lowest BCUT2D eigenvalue weighted by molar-refractivity contribution is -0.124. The highest BCUT2D eigenvalue weighted by Crippen LogP contribution is 2.16. The van der Waals surface area contributed by atoms with Gasteiger partial charge in [0.2, 0.25) is 11.8 Å². The van der Waals surface area contributed by atoms with Crippen LogP contribution in [-0.4, -0.2) is 31.0 Å². The summed E-state index contributed by atoms with van der Waals surface area (Å²) in [5, 5.41) is 5.82. The Morgan fingerprint density at radius 2 is 1.68 bits per heavy atom. The second-order valence-corrected chi connectivity index (χ2v) is 8.05. The van der Waals surface area contributed by atoms with Gasteiger partial charge in [0.05, 0.1) is 19.2 Å². The number of nitrogens with two attached hydrogens (primary N) is 1. The van der Waals surface area contributed by atoms with E-state index < -0.39 is 6.04 Å². The van der Waals surface area contributed by atoms with Gasteiger partial charge in [-0.1, -0.05) is 57.2 Å². The predicted molar refractivity (Wildman–Crippen MR) is 125 cm³/mol. The number of hydrogen-bond acceptors (Lipinski definition) is 4. The van der Waals surface area contributed by atoms with E-state index >= 15 is 0 Å². The van der Waals surface area contributed by atoms with Gasteiger partial charge in [-0.2, -0.15) is 0 Å². The molecule has 2 aromatic rings. The first-order chi connectivity index (χ1) is 14.8. The second-order valence-electron chi connectivity index (χ2n) is 8.05. The zero-order valence-electron chi connectivity index (χ0n) is 18.7. The van der Waals surface area contributed by atoms with E-state index in [0.717, 1.165) is 6.42 Å². The molecule has 2 unspecified atom stereocenters. The molecule has 4 N–H and O–H groups in total. The Labute approximate surface area is 184 Å². The number of rotatable bonds is 10. The maximum absolute atomic E-state index is 12.6. The normalized spacial score (nSPS) is 14.1. The number of methoxy groups -OCH3 is 1. The van der Waals surface area contributed by atoms with E-state index in [1.807, 2.05) is 39.0 Å². The molecule has 0 aromatic heterocycles. The van der Waals surface area contributed by atoms with Gasteiger partial charge in [-0.15, -0.1) is 0 Å². The Balaban J connectivity index is 2.09. The minimum Gasteiger partial charge on any atom is -0.497 e. The molecule has 166 valence electrons. The predicted octanol–water partition coefficient (Wildman–Crippen LogP) is 3.54. The van der Waals surface area contributed by atoms with Crippen molar-refractivity contribution in [3.63, 3.8) is 0 Å². The number of carbonyl (C=O) groups is 2.